The van der Waals surface area contributed by atoms with Gasteiger partial charge in [-0.2, -0.15) is 0 Å². The Morgan fingerprint density at radius 2 is 1.14 bits per heavy atom. The average molecular weight is 718 g/mol. The molecular weight excluding hydrogens is 666 g/mol. The minimum Gasteiger partial charge on any atom is -0.480 e. The molecule has 51 heavy (non-hydrogen) atoms. The molecule has 0 radical (unpaired) electrons. The zero-order chi connectivity index (χ0) is 36.7. The fourth-order valence-electron chi connectivity index (χ4n) is 5.05. The minimum absolute atomic E-state index is 0.0481. The van der Waals surface area contributed by atoms with Crippen molar-refractivity contribution in [3.8, 4) is 11.1 Å². The van der Waals surface area contributed by atoms with Crippen LogP contribution in [0.4, 0.5) is 4.79 Å². The topological polar surface area (TPSA) is 180 Å². The molecule has 1 aliphatic carbocycles. The van der Waals surface area contributed by atoms with Crippen LogP contribution in [0.2, 0.25) is 0 Å². The van der Waals surface area contributed by atoms with Crippen molar-refractivity contribution in [1.82, 2.24) is 15.5 Å². The summed E-state index contributed by atoms with van der Waals surface area (Å²) in [5.74, 6) is -1.74. The van der Waals surface area contributed by atoms with E-state index in [9.17, 15) is 19.2 Å². The summed E-state index contributed by atoms with van der Waals surface area (Å²) in [6.45, 7) is 6.11. The number of carboxylic acid groups (broad SMARTS) is 1. The third-order valence-electron chi connectivity index (χ3n) is 7.96. The Hall–Kier alpha value is -4.12. The highest BCUT2D eigenvalue weighted by Crippen LogP contribution is 2.44. The standard InChI is InChI=1S/C36H51N3O12/c1-27(35(42)43)39(2)34(41)11-13-45-15-17-47-19-21-49-23-24-50-22-20-48-18-16-46-14-12-37-33(40)25-38-36(44)51-26-32-30-9-5-3-7-28(30)29-8-4-6-10-31(29)32/h3-10,27,32H,11-26H2,1-2H3,(H,37,40)(H,38,44)(H,42,43)/t27-/m0/s1. The van der Waals surface area contributed by atoms with Crippen molar-refractivity contribution in [2.24, 2.45) is 0 Å². The number of aliphatic carboxylic acids is 1. The number of hydrogen-bond acceptors (Lipinski definition) is 11. The van der Waals surface area contributed by atoms with E-state index in [1.165, 1.54) is 18.9 Å². The molecule has 3 rings (SSSR count). The molecule has 0 saturated heterocycles. The predicted octanol–water partition coefficient (Wildman–Crippen LogP) is 2.06. The molecule has 2 aromatic rings. The molecular formula is C36H51N3O12. The molecule has 0 heterocycles. The van der Waals surface area contributed by atoms with Crippen molar-refractivity contribution in [3.63, 3.8) is 0 Å². The van der Waals surface area contributed by atoms with E-state index in [2.05, 4.69) is 22.8 Å². The largest absolute Gasteiger partial charge is 0.480 e. The molecule has 282 valence electrons. The molecule has 0 aliphatic heterocycles. The van der Waals surface area contributed by atoms with E-state index in [-0.39, 0.29) is 43.9 Å². The van der Waals surface area contributed by atoms with Crippen LogP contribution in [0.15, 0.2) is 48.5 Å². The first-order chi connectivity index (χ1) is 24.8. The second-order valence-corrected chi connectivity index (χ2v) is 11.5. The lowest BCUT2D eigenvalue weighted by Gasteiger charge is -2.21. The first kappa shape index (κ1) is 41.3. The molecule has 0 aromatic heterocycles. The van der Waals surface area contributed by atoms with Crippen LogP contribution in [0.5, 0.6) is 0 Å². The number of ether oxygens (including phenoxy) is 7. The zero-order valence-electron chi connectivity index (χ0n) is 29.5. The maximum Gasteiger partial charge on any atom is 0.407 e. The molecule has 0 bridgehead atoms. The van der Waals surface area contributed by atoms with E-state index in [4.69, 9.17) is 38.3 Å². The number of nitrogens with one attached hydrogen (secondary N) is 2. The highest BCUT2D eigenvalue weighted by molar-refractivity contribution is 5.83. The van der Waals surface area contributed by atoms with Gasteiger partial charge in [0.15, 0.2) is 0 Å². The molecule has 3 amide bonds. The highest BCUT2D eigenvalue weighted by atomic mass is 16.6. The highest BCUT2D eigenvalue weighted by Gasteiger charge is 2.29. The van der Waals surface area contributed by atoms with E-state index < -0.39 is 18.1 Å². The monoisotopic (exact) mass is 717 g/mol. The van der Waals surface area contributed by atoms with E-state index in [0.717, 1.165) is 22.3 Å². The lowest BCUT2D eigenvalue weighted by atomic mass is 9.98. The first-order valence-corrected chi connectivity index (χ1v) is 17.1. The molecule has 1 aliphatic rings. The Labute approximate surface area is 298 Å². The van der Waals surface area contributed by atoms with E-state index in [1.54, 1.807) is 0 Å². The van der Waals surface area contributed by atoms with Gasteiger partial charge in [-0.3, -0.25) is 9.59 Å². The number of fused-ring (bicyclic) bond motifs is 3. The van der Waals surface area contributed by atoms with Gasteiger partial charge in [0.25, 0.3) is 0 Å². The number of hydrogen-bond donors (Lipinski definition) is 3. The van der Waals surface area contributed by atoms with E-state index >= 15 is 0 Å². The number of carbonyl (C=O) groups is 4. The Morgan fingerprint density at radius 1 is 0.686 bits per heavy atom. The third kappa shape index (κ3) is 15.3. The van der Waals surface area contributed by atoms with E-state index in [1.807, 2.05) is 36.4 Å². The van der Waals surface area contributed by atoms with Crippen LogP contribution in [-0.4, -0.2) is 146 Å². The summed E-state index contributed by atoms with van der Waals surface area (Å²) in [7, 11) is 1.45. The van der Waals surface area contributed by atoms with Gasteiger partial charge >= 0.3 is 12.1 Å². The molecule has 0 saturated carbocycles. The van der Waals surface area contributed by atoms with Gasteiger partial charge in [0.1, 0.15) is 12.6 Å². The maximum absolute atomic E-state index is 12.2. The average Bonchev–Trinajstić information content (AvgIpc) is 3.46. The quantitative estimate of drug-likeness (QED) is 0.115. The van der Waals surface area contributed by atoms with Crippen LogP contribution in [-0.2, 0) is 47.5 Å². The van der Waals surface area contributed by atoms with Gasteiger partial charge in [-0.05, 0) is 29.2 Å². The van der Waals surface area contributed by atoms with Gasteiger partial charge in [-0.15, -0.1) is 0 Å². The summed E-state index contributed by atoms with van der Waals surface area (Å²) in [5, 5.41) is 14.1. The maximum atomic E-state index is 12.2. The summed E-state index contributed by atoms with van der Waals surface area (Å²) >= 11 is 0. The second kappa shape index (κ2) is 24.1. The Balaban J connectivity index is 1.03. The number of rotatable bonds is 27. The SMILES string of the molecule is C[C@@H](C(=O)O)N(C)C(=O)CCOCCOCCOCCOCCOCCOCCNC(=O)CNC(=O)OCC1c2ccccc2-c2ccccc21. The number of benzene rings is 2. The summed E-state index contributed by atoms with van der Waals surface area (Å²) in [6.07, 6.45) is -0.543. The Morgan fingerprint density at radius 3 is 1.63 bits per heavy atom. The summed E-state index contributed by atoms with van der Waals surface area (Å²) in [6, 6.07) is 15.3. The van der Waals surface area contributed by atoms with Crippen molar-refractivity contribution in [2.45, 2.75) is 25.3 Å². The van der Waals surface area contributed by atoms with Crippen molar-refractivity contribution in [1.29, 1.82) is 0 Å². The summed E-state index contributed by atoms with van der Waals surface area (Å²) in [4.78, 5) is 48.3. The number of nitrogens with zero attached hydrogens (tertiary/aromatic N) is 1. The molecule has 2 aromatic carbocycles. The fraction of sp³-hybridized carbons (Fsp3) is 0.556. The van der Waals surface area contributed by atoms with Crippen molar-refractivity contribution < 1.29 is 57.4 Å². The molecule has 0 unspecified atom stereocenters. The van der Waals surface area contributed by atoms with Crippen LogP contribution in [0.1, 0.15) is 30.4 Å². The number of alkyl carbamates (subject to hydrolysis) is 1. The minimum atomic E-state index is -1.05. The van der Waals surface area contributed by atoms with Gasteiger partial charge in [0.2, 0.25) is 11.8 Å². The number of carboxylic acids is 1. The Bertz CT molecular complexity index is 1310. The first-order valence-electron chi connectivity index (χ1n) is 17.1. The van der Waals surface area contributed by atoms with Crippen LogP contribution in [0.3, 0.4) is 0 Å². The fourth-order valence-corrected chi connectivity index (χ4v) is 5.05. The van der Waals surface area contributed by atoms with Crippen molar-refractivity contribution in [2.75, 3.05) is 106 Å². The van der Waals surface area contributed by atoms with Crippen molar-refractivity contribution in [3.05, 3.63) is 59.7 Å². The molecule has 0 spiro atoms. The Kier molecular flexibility index (Phi) is 19.5. The van der Waals surface area contributed by atoms with Gasteiger partial charge < -0.3 is 53.8 Å². The zero-order valence-corrected chi connectivity index (χ0v) is 29.5. The predicted molar refractivity (Wildman–Crippen MR) is 185 cm³/mol. The summed E-state index contributed by atoms with van der Waals surface area (Å²) < 4.78 is 38.0. The lowest BCUT2D eigenvalue weighted by Crippen LogP contribution is -2.40. The van der Waals surface area contributed by atoms with Gasteiger partial charge in [0, 0.05) is 19.5 Å². The number of amides is 3. The van der Waals surface area contributed by atoms with Gasteiger partial charge in [0.05, 0.1) is 92.2 Å². The lowest BCUT2D eigenvalue weighted by molar-refractivity contribution is -0.148. The van der Waals surface area contributed by atoms with E-state index in [0.29, 0.717) is 79.2 Å². The van der Waals surface area contributed by atoms with Gasteiger partial charge in [-0.1, -0.05) is 48.5 Å². The van der Waals surface area contributed by atoms with Crippen LogP contribution < -0.4 is 10.6 Å². The third-order valence-corrected chi connectivity index (χ3v) is 7.96. The summed E-state index contributed by atoms with van der Waals surface area (Å²) in [5.41, 5.74) is 4.54. The van der Waals surface area contributed by atoms with Crippen molar-refractivity contribution >= 4 is 23.9 Å². The smallest absolute Gasteiger partial charge is 0.407 e. The van der Waals surface area contributed by atoms with Crippen LogP contribution >= 0.6 is 0 Å². The van der Waals surface area contributed by atoms with Gasteiger partial charge in [-0.25, -0.2) is 9.59 Å². The molecule has 15 nitrogen and oxygen atoms in total. The van der Waals surface area contributed by atoms with Crippen LogP contribution in [0.25, 0.3) is 11.1 Å². The van der Waals surface area contributed by atoms with Crippen LogP contribution in [0, 0.1) is 0 Å². The molecule has 1 atom stereocenters. The number of likely N-dealkylation sites (N-methyl/N-ethyl adjacent to an activating group) is 1. The normalized spacial score (nSPS) is 12.5. The second-order valence-electron chi connectivity index (χ2n) is 11.5. The number of carbonyl (C=O) groups excluding carboxylic acids is 3. The molecule has 15 heteroatoms. The molecule has 0 fully saturated rings. The molecule has 3 N–H and O–H groups in total.